The van der Waals surface area contributed by atoms with Gasteiger partial charge in [0.25, 0.3) is 0 Å². The molecule has 3 rings (SSSR count). The molecule has 2 heterocycles. The number of halogens is 1. The van der Waals surface area contributed by atoms with Crippen molar-refractivity contribution in [2.24, 2.45) is 0 Å². The molecule has 21 heavy (non-hydrogen) atoms. The molecule has 0 aliphatic carbocycles. The summed E-state index contributed by atoms with van der Waals surface area (Å²) < 4.78 is 0.797. The number of β-amino-alcohol motifs (C(OH)–C–C–N with tert-alkyl or cyclic N) is 1. The summed E-state index contributed by atoms with van der Waals surface area (Å²) in [6.45, 7) is 2.70. The van der Waals surface area contributed by atoms with Crippen LogP contribution in [0.1, 0.15) is 23.3 Å². The molecule has 1 fully saturated rings. The molecule has 1 aliphatic heterocycles. The molecule has 1 aliphatic rings. The monoisotopic (exact) mass is 321 g/mol. The molecule has 0 amide bonds. The predicted molar refractivity (Wildman–Crippen MR) is 88.9 cm³/mol. The second-order valence-electron chi connectivity index (χ2n) is 5.91. The molecule has 1 aromatic carbocycles. The fourth-order valence-corrected chi connectivity index (χ4v) is 4.32. The number of piperidine rings is 1. The minimum Gasteiger partial charge on any atom is -0.388 e. The summed E-state index contributed by atoms with van der Waals surface area (Å²) >= 11 is 7.56. The van der Waals surface area contributed by atoms with E-state index in [2.05, 4.69) is 29.2 Å². The van der Waals surface area contributed by atoms with Gasteiger partial charge in [0.05, 0.1) is 9.94 Å². The van der Waals surface area contributed by atoms with Crippen LogP contribution in [0.4, 0.5) is 0 Å². The van der Waals surface area contributed by atoms with Crippen LogP contribution in [0.25, 0.3) is 0 Å². The predicted octanol–water partition coefficient (Wildman–Crippen LogP) is 3.97. The van der Waals surface area contributed by atoms with Crippen LogP contribution in [0, 0.1) is 0 Å². The normalized spacial score (nSPS) is 23.3. The fourth-order valence-electron chi connectivity index (χ4n) is 3.10. The van der Waals surface area contributed by atoms with Crippen molar-refractivity contribution < 1.29 is 5.11 Å². The van der Waals surface area contributed by atoms with Crippen molar-refractivity contribution >= 4 is 22.9 Å². The second-order valence-corrected chi connectivity index (χ2v) is 7.71. The molecule has 1 N–H and O–H groups in total. The zero-order valence-corrected chi connectivity index (χ0v) is 13.5. The Kier molecular flexibility index (Phi) is 4.65. The molecule has 0 radical (unpaired) electrons. The van der Waals surface area contributed by atoms with Crippen LogP contribution in [-0.2, 0) is 13.0 Å². The summed E-state index contributed by atoms with van der Waals surface area (Å²) in [5, 5.41) is 10.9. The van der Waals surface area contributed by atoms with E-state index < -0.39 is 5.60 Å². The molecule has 0 saturated carbocycles. The van der Waals surface area contributed by atoms with Crippen LogP contribution in [0.2, 0.25) is 4.34 Å². The van der Waals surface area contributed by atoms with Gasteiger partial charge in [-0.15, -0.1) is 11.3 Å². The quantitative estimate of drug-likeness (QED) is 0.921. The zero-order chi connectivity index (χ0) is 14.7. The van der Waals surface area contributed by atoms with Crippen molar-refractivity contribution in [3.8, 4) is 0 Å². The average molecular weight is 322 g/mol. The van der Waals surface area contributed by atoms with E-state index in [0.29, 0.717) is 6.42 Å². The Morgan fingerprint density at radius 3 is 2.71 bits per heavy atom. The van der Waals surface area contributed by atoms with Gasteiger partial charge in [-0.2, -0.15) is 0 Å². The molecule has 1 unspecified atom stereocenters. The topological polar surface area (TPSA) is 23.5 Å². The number of nitrogens with zero attached hydrogens (tertiary/aromatic N) is 1. The van der Waals surface area contributed by atoms with Crippen LogP contribution in [0.15, 0.2) is 42.5 Å². The smallest absolute Gasteiger partial charge is 0.0931 e. The molecule has 0 bridgehead atoms. The van der Waals surface area contributed by atoms with Gasteiger partial charge in [0.2, 0.25) is 0 Å². The van der Waals surface area contributed by atoms with Gasteiger partial charge in [0.15, 0.2) is 0 Å². The van der Waals surface area contributed by atoms with E-state index >= 15 is 0 Å². The third kappa shape index (κ3) is 4.07. The Morgan fingerprint density at radius 1 is 1.19 bits per heavy atom. The van der Waals surface area contributed by atoms with E-state index in [9.17, 15) is 5.11 Å². The van der Waals surface area contributed by atoms with Crippen molar-refractivity contribution in [2.75, 3.05) is 13.1 Å². The first-order chi connectivity index (χ1) is 10.1. The highest BCUT2D eigenvalue weighted by atomic mass is 35.5. The van der Waals surface area contributed by atoms with Gasteiger partial charge in [-0.3, -0.25) is 4.90 Å². The Balaban J connectivity index is 1.64. The summed E-state index contributed by atoms with van der Waals surface area (Å²) in [5.74, 6) is 0. The minimum atomic E-state index is -0.624. The highest BCUT2D eigenvalue weighted by Crippen LogP contribution is 2.30. The molecule has 0 spiro atoms. The fraction of sp³-hybridized carbons (Fsp3) is 0.412. The van der Waals surface area contributed by atoms with Gasteiger partial charge in [-0.25, -0.2) is 0 Å². The Bertz CT molecular complexity index is 585. The van der Waals surface area contributed by atoms with Gasteiger partial charge in [-0.05, 0) is 37.1 Å². The Labute approximate surface area is 135 Å². The summed E-state index contributed by atoms with van der Waals surface area (Å²) in [4.78, 5) is 3.53. The van der Waals surface area contributed by atoms with Gasteiger partial charge in [-0.1, -0.05) is 41.9 Å². The van der Waals surface area contributed by atoms with Crippen molar-refractivity contribution in [3.63, 3.8) is 0 Å². The summed E-state index contributed by atoms with van der Waals surface area (Å²) in [7, 11) is 0. The van der Waals surface area contributed by atoms with E-state index in [1.807, 2.05) is 18.2 Å². The number of aliphatic hydroxyl groups is 1. The molecule has 4 heteroatoms. The van der Waals surface area contributed by atoms with Crippen LogP contribution < -0.4 is 0 Å². The van der Waals surface area contributed by atoms with Gasteiger partial charge in [0, 0.05) is 24.4 Å². The van der Waals surface area contributed by atoms with Crippen molar-refractivity contribution in [3.05, 3.63) is 57.2 Å². The largest absolute Gasteiger partial charge is 0.388 e. The van der Waals surface area contributed by atoms with Gasteiger partial charge < -0.3 is 5.11 Å². The highest BCUT2D eigenvalue weighted by Gasteiger charge is 2.33. The molecule has 1 atom stereocenters. The van der Waals surface area contributed by atoms with E-state index in [1.165, 1.54) is 10.4 Å². The standard InChI is InChI=1S/C17H20ClNOS/c18-16-8-7-15(21-16)11-17(20)9-4-10-19(13-17)12-14-5-2-1-3-6-14/h1-3,5-8,20H,4,9-13H2. The third-order valence-electron chi connectivity index (χ3n) is 4.02. The minimum absolute atomic E-state index is 0.624. The number of likely N-dealkylation sites (tertiary alicyclic amines) is 1. The summed E-state index contributed by atoms with van der Waals surface area (Å²) in [5.41, 5.74) is 0.683. The Hall–Kier alpha value is -0.870. The molecular formula is C17H20ClNOS. The van der Waals surface area contributed by atoms with Crippen LogP contribution in [0.3, 0.4) is 0 Å². The van der Waals surface area contributed by atoms with Crippen molar-refractivity contribution in [2.45, 2.75) is 31.4 Å². The van der Waals surface area contributed by atoms with Crippen molar-refractivity contribution in [1.29, 1.82) is 0 Å². The van der Waals surface area contributed by atoms with Crippen molar-refractivity contribution in [1.82, 2.24) is 4.90 Å². The maximum Gasteiger partial charge on any atom is 0.0931 e. The lowest BCUT2D eigenvalue weighted by molar-refractivity contribution is -0.0321. The molecule has 1 aromatic heterocycles. The highest BCUT2D eigenvalue weighted by molar-refractivity contribution is 7.16. The first-order valence-electron chi connectivity index (χ1n) is 7.36. The number of benzene rings is 1. The SMILES string of the molecule is OC1(Cc2ccc(Cl)s2)CCCN(Cc2ccccc2)C1. The molecule has 112 valence electrons. The van der Waals surface area contributed by atoms with E-state index in [-0.39, 0.29) is 0 Å². The van der Waals surface area contributed by atoms with Crippen LogP contribution in [-0.4, -0.2) is 28.7 Å². The number of thiophene rings is 1. The van der Waals surface area contributed by atoms with E-state index in [1.54, 1.807) is 11.3 Å². The zero-order valence-electron chi connectivity index (χ0n) is 12.0. The lowest BCUT2D eigenvalue weighted by atomic mass is 9.89. The van der Waals surface area contributed by atoms with E-state index in [4.69, 9.17) is 11.6 Å². The van der Waals surface area contributed by atoms with Crippen LogP contribution >= 0.6 is 22.9 Å². The second kappa shape index (κ2) is 6.49. The maximum atomic E-state index is 10.9. The first kappa shape index (κ1) is 15.0. The molecule has 1 saturated heterocycles. The summed E-state index contributed by atoms with van der Waals surface area (Å²) in [6, 6.07) is 14.4. The van der Waals surface area contributed by atoms with E-state index in [0.717, 1.165) is 36.8 Å². The molecule has 2 nitrogen and oxygen atoms in total. The number of hydrogen-bond donors (Lipinski definition) is 1. The lowest BCUT2D eigenvalue weighted by Gasteiger charge is -2.39. The number of rotatable bonds is 4. The molecular weight excluding hydrogens is 302 g/mol. The summed E-state index contributed by atoms with van der Waals surface area (Å²) in [6.07, 6.45) is 2.62. The third-order valence-corrected chi connectivity index (χ3v) is 5.25. The lowest BCUT2D eigenvalue weighted by Crippen LogP contribution is -2.48. The van der Waals surface area contributed by atoms with Gasteiger partial charge in [0.1, 0.15) is 0 Å². The average Bonchev–Trinajstić information content (AvgIpc) is 2.84. The van der Waals surface area contributed by atoms with Crippen LogP contribution in [0.5, 0.6) is 0 Å². The number of hydrogen-bond acceptors (Lipinski definition) is 3. The maximum absolute atomic E-state index is 10.9. The Morgan fingerprint density at radius 2 is 2.00 bits per heavy atom. The molecule has 2 aromatic rings. The first-order valence-corrected chi connectivity index (χ1v) is 8.55. The van der Waals surface area contributed by atoms with Gasteiger partial charge >= 0.3 is 0 Å².